The van der Waals surface area contributed by atoms with E-state index in [0.29, 0.717) is 5.69 Å². The fourth-order valence-corrected chi connectivity index (χ4v) is 1.32. The quantitative estimate of drug-likeness (QED) is 0.732. The second-order valence-electron chi connectivity index (χ2n) is 3.08. The van der Waals surface area contributed by atoms with Gasteiger partial charge in [-0.2, -0.15) is 0 Å². The van der Waals surface area contributed by atoms with Crippen LogP contribution in [-0.4, -0.2) is 14.3 Å². The normalized spacial score (nSPS) is 10.5. The maximum absolute atomic E-state index is 12.7. The van der Waals surface area contributed by atoms with Crippen molar-refractivity contribution in [2.75, 3.05) is 5.73 Å². The summed E-state index contributed by atoms with van der Waals surface area (Å²) in [6, 6.07) is 5.45. The van der Waals surface area contributed by atoms with Crippen LogP contribution in [0.5, 0.6) is 0 Å². The number of aromatic nitrogens is 3. The zero-order valence-electron chi connectivity index (χ0n) is 8.01. The van der Waals surface area contributed by atoms with Gasteiger partial charge in [0.25, 0.3) is 0 Å². The van der Waals surface area contributed by atoms with Crippen molar-refractivity contribution in [1.82, 2.24) is 14.3 Å². The lowest BCUT2D eigenvalue weighted by Gasteiger charge is -2.00. The maximum Gasteiger partial charge on any atom is 0.351 e. The predicted molar refractivity (Wildman–Crippen MR) is 53.2 cm³/mol. The zero-order chi connectivity index (χ0) is 11.0. The summed E-state index contributed by atoms with van der Waals surface area (Å²) in [5.41, 5.74) is 5.68. The van der Waals surface area contributed by atoms with Crippen LogP contribution in [0.4, 0.5) is 10.3 Å². The standard InChI is InChI=1S/C9H9FN4O/c1-13-9(15)14(8(11)12-13)7-4-2-6(10)3-5-7/h2-5H,1H3,(H2,11,12). The lowest BCUT2D eigenvalue weighted by molar-refractivity contribution is 0.627. The summed E-state index contributed by atoms with van der Waals surface area (Å²) in [7, 11) is 1.50. The Kier molecular flexibility index (Phi) is 2.03. The number of nitrogen functional groups attached to an aromatic ring is 1. The van der Waals surface area contributed by atoms with Gasteiger partial charge in [-0.05, 0) is 24.3 Å². The fourth-order valence-electron chi connectivity index (χ4n) is 1.32. The van der Waals surface area contributed by atoms with E-state index in [-0.39, 0.29) is 17.5 Å². The van der Waals surface area contributed by atoms with Gasteiger partial charge in [0.2, 0.25) is 5.95 Å². The third kappa shape index (κ3) is 1.50. The molecule has 0 aliphatic rings. The minimum Gasteiger partial charge on any atom is -0.368 e. The van der Waals surface area contributed by atoms with Gasteiger partial charge in [0.1, 0.15) is 5.82 Å². The Morgan fingerprint density at radius 3 is 2.40 bits per heavy atom. The minimum atomic E-state index is -0.366. The Morgan fingerprint density at radius 2 is 1.93 bits per heavy atom. The summed E-state index contributed by atoms with van der Waals surface area (Å²) in [5.74, 6) is -0.289. The van der Waals surface area contributed by atoms with Gasteiger partial charge in [0, 0.05) is 7.05 Å². The van der Waals surface area contributed by atoms with Gasteiger partial charge in [-0.3, -0.25) is 0 Å². The Labute approximate surface area is 84.6 Å². The monoisotopic (exact) mass is 208 g/mol. The highest BCUT2D eigenvalue weighted by molar-refractivity contribution is 5.37. The topological polar surface area (TPSA) is 65.8 Å². The van der Waals surface area contributed by atoms with Gasteiger partial charge >= 0.3 is 5.69 Å². The van der Waals surface area contributed by atoms with E-state index in [9.17, 15) is 9.18 Å². The lowest BCUT2D eigenvalue weighted by Crippen LogP contribution is -2.21. The first kappa shape index (κ1) is 9.45. The number of rotatable bonds is 1. The van der Waals surface area contributed by atoms with Crippen LogP contribution < -0.4 is 11.4 Å². The number of halogens is 1. The first-order chi connectivity index (χ1) is 7.09. The van der Waals surface area contributed by atoms with Crippen LogP contribution in [0.25, 0.3) is 5.69 Å². The fraction of sp³-hybridized carbons (Fsp3) is 0.111. The third-order valence-corrected chi connectivity index (χ3v) is 2.03. The summed E-state index contributed by atoms with van der Waals surface area (Å²) in [6.07, 6.45) is 0. The Balaban J connectivity index is 2.64. The number of hydrogen-bond donors (Lipinski definition) is 1. The molecule has 0 fully saturated rings. The number of benzene rings is 1. The maximum atomic E-state index is 12.7. The van der Waals surface area contributed by atoms with Crippen LogP contribution >= 0.6 is 0 Å². The van der Waals surface area contributed by atoms with E-state index >= 15 is 0 Å². The molecule has 0 spiro atoms. The van der Waals surface area contributed by atoms with E-state index in [0.717, 1.165) is 4.68 Å². The van der Waals surface area contributed by atoms with E-state index in [4.69, 9.17) is 5.73 Å². The molecule has 78 valence electrons. The average Bonchev–Trinajstić information content (AvgIpc) is 2.44. The Hall–Kier alpha value is -2.11. The molecule has 0 aliphatic heterocycles. The lowest BCUT2D eigenvalue weighted by atomic mass is 10.3. The molecule has 1 heterocycles. The largest absolute Gasteiger partial charge is 0.368 e. The molecule has 0 aliphatic carbocycles. The highest BCUT2D eigenvalue weighted by Gasteiger charge is 2.09. The van der Waals surface area contributed by atoms with Crippen LogP contribution in [-0.2, 0) is 7.05 Å². The van der Waals surface area contributed by atoms with Crippen molar-refractivity contribution in [1.29, 1.82) is 0 Å². The van der Waals surface area contributed by atoms with Gasteiger partial charge < -0.3 is 5.73 Å². The summed E-state index contributed by atoms with van der Waals surface area (Å²) < 4.78 is 15.0. The molecular weight excluding hydrogens is 199 g/mol. The summed E-state index contributed by atoms with van der Waals surface area (Å²) in [6.45, 7) is 0. The number of aryl methyl sites for hydroxylation is 1. The molecule has 0 amide bonds. The smallest absolute Gasteiger partial charge is 0.351 e. The molecule has 0 radical (unpaired) electrons. The molecule has 1 aromatic heterocycles. The van der Waals surface area contributed by atoms with E-state index in [1.807, 2.05) is 0 Å². The first-order valence-electron chi connectivity index (χ1n) is 4.27. The van der Waals surface area contributed by atoms with Crippen molar-refractivity contribution in [3.63, 3.8) is 0 Å². The molecule has 0 unspecified atom stereocenters. The van der Waals surface area contributed by atoms with E-state index in [1.54, 1.807) is 0 Å². The molecule has 0 atom stereocenters. The Morgan fingerprint density at radius 1 is 1.33 bits per heavy atom. The van der Waals surface area contributed by atoms with Crippen molar-refractivity contribution < 1.29 is 4.39 Å². The molecule has 15 heavy (non-hydrogen) atoms. The second-order valence-corrected chi connectivity index (χ2v) is 3.08. The SMILES string of the molecule is Cn1nc(N)n(-c2ccc(F)cc2)c1=O. The van der Waals surface area contributed by atoms with Crippen molar-refractivity contribution in [2.45, 2.75) is 0 Å². The number of anilines is 1. The molecule has 1 aromatic carbocycles. The molecular formula is C9H9FN4O. The number of nitrogens with zero attached hydrogens (tertiary/aromatic N) is 3. The molecule has 0 saturated carbocycles. The van der Waals surface area contributed by atoms with E-state index in [2.05, 4.69) is 5.10 Å². The molecule has 6 heteroatoms. The van der Waals surface area contributed by atoms with Crippen molar-refractivity contribution in [2.24, 2.45) is 7.05 Å². The van der Waals surface area contributed by atoms with E-state index in [1.165, 1.54) is 35.9 Å². The molecule has 2 aromatic rings. The van der Waals surface area contributed by atoms with Crippen molar-refractivity contribution in [3.05, 3.63) is 40.6 Å². The average molecular weight is 208 g/mol. The van der Waals surface area contributed by atoms with Crippen LogP contribution in [0.1, 0.15) is 0 Å². The molecule has 2 rings (SSSR count). The predicted octanol–water partition coefficient (Wildman–Crippen LogP) is 0.292. The van der Waals surface area contributed by atoms with Crippen LogP contribution in [0, 0.1) is 5.82 Å². The molecule has 0 saturated heterocycles. The van der Waals surface area contributed by atoms with Gasteiger partial charge in [-0.1, -0.05) is 0 Å². The number of nitrogens with two attached hydrogens (primary N) is 1. The summed E-state index contributed by atoms with van der Waals surface area (Å²) >= 11 is 0. The van der Waals surface area contributed by atoms with Gasteiger partial charge in [0.15, 0.2) is 0 Å². The van der Waals surface area contributed by atoms with Gasteiger partial charge in [-0.25, -0.2) is 18.4 Å². The molecule has 0 bridgehead atoms. The zero-order valence-corrected chi connectivity index (χ0v) is 8.01. The van der Waals surface area contributed by atoms with Gasteiger partial charge in [-0.15, -0.1) is 5.10 Å². The number of hydrogen-bond acceptors (Lipinski definition) is 3. The Bertz CT molecular complexity index is 540. The van der Waals surface area contributed by atoms with Crippen LogP contribution in [0.2, 0.25) is 0 Å². The highest BCUT2D eigenvalue weighted by Crippen LogP contribution is 2.09. The highest BCUT2D eigenvalue weighted by atomic mass is 19.1. The van der Waals surface area contributed by atoms with Gasteiger partial charge in [0.05, 0.1) is 5.69 Å². The van der Waals surface area contributed by atoms with Crippen LogP contribution in [0.15, 0.2) is 29.1 Å². The van der Waals surface area contributed by atoms with Crippen molar-refractivity contribution >= 4 is 5.95 Å². The first-order valence-corrected chi connectivity index (χ1v) is 4.27. The molecule has 2 N–H and O–H groups in total. The minimum absolute atomic E-state index is 0.0779. The summed E-state index contributed by atoms with van der Waals surface area (Å²) in [5, 5.41) is 3.76. The van der Waals surface area contributed by atoms with Crippen LogP contribution in [0.3, 0.4) is 0 Å². The second kappa shape index (κ2) is 3.23. The van der Waals surface area contributed by atoms with E-state index < -0.39 is 0 Å². The van der Waals surface area contributed by atoms with Crippen molar-refractivity contribution in [3.8, 4) is 5.69 Å². The summed E-state index contributed by atoms with van der Waals surface area (Å²) in [4.78, 5) is 11.6. The molecule has 5 nitrogen and oxygen atoms in total. The third-order valence-electron chi connectivity index (χ3n) is 2.03.